The number of pyridine rings is 1. The van der Waals surface area contributed by atoms with Crippen molar-refractivity contribution < 1.29 is 23.1 Å². The van der Waals surface area contributed by atoms with E-state index in [1.807, 2.05) is 0 Å². The van der Waals surface area contributed by atoms with Crippen LogP contribution in [0.3, 0.4) is 0 Å². The highest BCUT2D eigenvalue weighted by molar-refractivity contribution is 6.29. The number of alkyl halides is 3. The second-order valence-electron chi connectivity index (χ2n) is 2.76. The molecule has 0 amide bonds. The Morgan fingerprint density at radius 3 is 2.60 bits per heavy atom. The summed E-state index contributed by atoms with van der Waals surface area (Å²) in [4.78, 5) is 14.0. The molecule has 0 aliphatic heterocycles. The van der Waals surface area contributed by atoms with Gasteiger partial charge in [-0.15, -0.1) is 0 Å². The Labute approximate surface area is 87.5 Å². The SMILES string of the molecule is O=C(O)c1cnc(Cl)cc1CC(F)(F)F. The highest BCUT2D eigenvalue weighted by atomic mass is 35.5. The van der Waals surface area contributed by atoms with Crippen LogP contribution in [0.5, 0.6) is 0 Å². The minimum absolute atomic E-state index is 0.167. The van der Waals surface area contributed by atoms with Crippen molar-refractivity contribution in [3.63, 3.8) is 0 Å². The number of aromatic nitrogens is 1. The van der Waals surface area contributed by atoms with Crippen LogP contribution >= 0.6 is 11.6 Å². The van der Waals surface area contributed by atoms with Crippen LogP contribution in [0.2, 0.25) is 5.15 Å². The van der Waals surface area contributed by atoms with Crippen molar-refractivity contribution in [3.8, 4) is 0 Å². The van der Waals surface area contributed by atoms with Gasteiger partial charge in [0.15, 0.2) is 0 Å². The Balaban J connectivity index is 3.13. The summed E-state index contributed by atoms with van der Waals surface area (Å²) in [7, 11) is 0. The first-order valence-corrected chi connectivity index (χ1v) is 4.12. The lowest BCUT2D eigenvalue weighted by Crippen LogP contribution is -2.15. The van der Waals surface area contributed by atoms with E-state index in [9.17, 15) is 18.0 Å². The summed E-state index contributed by atoms with van der Waals surface area (Å²) < 4.78 is 36.2. The molecular formula is C8H5ClF3NO2. The number of hydrogen-bond donors (Lipinski definition) is 1. The van der Waals surface area contributed by atoms with E-state index in [0.717, 1.165) is 12.3 Å². The zero-order valence-electron chi connectivity index (χ0n) is 7.18. The van der Waals surface area contributed by atoms with Gasteiger partial charge in [-0.25, -0.2) is 9.78 Å². The molecule has 0 atom stereocenters. The van der Waals surface area contributed by atoms with Gasteiger partial charge in [0.1, 0.15) is 5.15 Å². The zero-order valence-corrected chi connectivity index (χ0v) is 7.93. The maximum atomic E-state index is 12.1. The van der Waals surface area contributed by atoms with Crippen molar-refractivity contribution in [2.45, 2.75) is 12.6 Å². The van der Waals surface area contributed by atoms with Gasteiger partial charge in [-0.2, -0.15) is 13.2 Å². The summed E-state index contributed by atoms with van der Waals surface area (Å²) in [6, 6.07) is 0.901. The average Bonchev–Trinajstić information content (AvgIpc) is 1.99. The topological polar surface area (TPSA) is 50.2 Å². The fourth-order valence-electron chi connectivity index (χ4n) is 1.02. The largest absolute Gasteiger partial charge is 0.478 e. The molecule has 0 saturated carbocycles. The van der Waals surface area contributed by atoms with Crippen LogP contribution in [0.4, 0.5) is 13.2 Å². The molecule has 1 N–H and O–H groups in total. The van der Waals surface area contributed by atoms with Gasteiger partial charge in [-0.1, -0.05) is 11.6 Å². The van der Waals surface area contributed by atoms with E-state index >= 15 is 0 Å². The molecule has 0 saturated heterocycles. The van der Waals surface area contributed by atoms with E-state index in [0.29, 0.717) is 0 Å². The summed E-state index contributed by atoms with van der Waals surface area (Å²) in [6.07, 6.45) is -5.00. The number of halogens is 4. The predicted molar refractivity (Wildman–Crippen MR) is 46.0 cm³/mol. The summed E-state index contributed by atoms with van der Waals surface area (Å²) in [5, 5.41) is 8.44. The second kappa shape index (κ2) is 4.06. The molecule has 15 heavy (non-hydrogen) atoms. The van der Waals surface area contributed by atoms with Gasteiger partial charge in [-0.3, -0.25) is 0 Å². The number of carboxylic acids is 1. The first kappa shape index (κ1) is 11.8. The number of carbonyl (C=O) groups is 1. The van der Waals surface area contributed by atoms with E-state index in [1.165, 1.54) is 0 Å². The molecule has 0 spiro atoms. The molecule has 82 valence electrons. The smallest absolute Gasteiger partial charge is 0.393 e. The van der Waals surface area contributed by atoms with E-state index in [4.69, 9.17) is 16.7 Å². The molecule has 0 bridgehead atoms. The maximum absolute atomic E-state index is 12.1. The summed E-state index contributed by atoms with van der Waals surface area (Å²) in [5.74, 6) is -1.46. The Hall–Kier alpha value is -1.30. The predicted octanol–water partition coefficient (Wildman–Crippen LogP) is 2.54. The molecule has 0 aliphatic carbocycles. The van der Waals surface area contributed by atoms with Crippen molar-refractivity contribution in [1.82, 2.24) is 4.98 Å². The van der Waals surface area contributed by atoms with Gasteiger partial charge in [0.2, 0.25) is 0 Å². The van der Waals surface area contributed by atoms with Crippen molar-refractivity contribution >= 4 is 17.6 Å². The molecule has 0 aromatic carbocycles. The van der Waals surface area contributed by atoms with Crippen LogP contribution < -0.4 is 0 Å². The molecule has 0 aliphatic rings. The lowest BCUT2D eigenvalue weighted by atomic mass is 10.1. The van der Waals surface area contributed by atoms with E-state index in [1.54, 1.807) is 0 Å². The third kappa shape index (κ3) is 3.39. The molecule has 7 heteroatoms. The summed E-state index contributed by atoms with van der Waals surface area (Å²) in [6.45, 7) is 0. The molecule has 3 nitrogen and oxygen atoms in total. The molecule has 1 aromatic heterocycles. The van der Waals surface area contributed by atoms with Gasteiger partial charge in [0.05, 0.1) is 12.0 Å². The average molecular weight is 240 g/mol. The van der Waals surface area contributed by atoms with Gasteiger partial charge < -0.3 is 5.11 Å². The number of carboxylic acid groups (broad SMARTS) is 1. The number of aromatic carboxylic acids is 1. The minimum Gasteiger partial charge on any atom is -0.478 e. The van der Waals surface area contributed by atoms with Crippen LogP contribution in [0.15, 0.2) is 12.3 Å². The number of nitrogens with zero attached hydrogens (tertiary/aromatic N) is 1. The second-order valence-corrected chi connectivity index (χ2v) is 3.15. The van der Waals surface area contributed by atoms with Crippen molar-refractivity contribution in [1.29, 1.82) is 0 Å². The fraction of sp³-hybridized carbons (Fsp3) is 0.250. The van der Waals surface area contributed by atoms with Crippen molar-refractivity contribution in [2.75, 3.05) is 0 Å². The Bertz CT molecular complexity index is 392. The van der Waals surface area contributed by atoms with Crippen LogP contribution in [-0.2, 0) is 6.42 Å². The molecule has 1 aromatic rings. The van der Waals surface area contributed by atoms with Crippen LogP contribution in [0, 0.1) is 0 Å². The van der Waals surface area contributed by atoms with Gasteiger partial charge >= 0.3 is 12.1 Å². The Kier molecular flexibility index (Phi) is 3.18. The van der Waals surface area contributed by atoms with Crippen LogP contribution in [0.1, 0.15) is 15.9 Å². The van der Waals surface area contributed by atoms with E-state index in [-0.39, 0.29) is 5.15 Å². The Morgan fingerprint density at radius 2 is 2.13 bits per heavy atom. The molecule has 0 radical (unpaired) electrons. The summed E-state index contributed by atoms with van der Waals surface area (Å²) >= 11 is 5.38. The minimum atomic E-state index is -4.48. The molecule has 0 unspecified atom stereocenters. The van der Waals surface area contributed by atoms with Gasteiger partial charge in [0.25, 0.3) is 0 Å². The van der Waals surface area contributed by atoms with Crippen LogP contribution in [0.25, 0.3) is 0 Å². The highest BCUT2D eigenvalue weighted by Crippen LogP contribution is 2.24. The molecule has 1 heterocycles. The highest BCUT2D eigenvalue weighted by Gasteiger charge is 2.30. The maximum Gasteiger partial charge on any atom is 0.393 e. The van der Waals surface area contributed by atoms with Crippen LogP contribution in [-0.4, -0.2) is 22.2 Å². The van der Waals surface area contributed by atoms with Gasteiger partial charge in [0, 0.05) is 6.20 Å². The van der Waals surface area contributed by atoms with E-state index < -0.39 is 29.7 Å². The van der Waals surface area contributed by atoms with Gasteiger partial charge in [-0.05, 0) is 11.6 Å². The third-order valence-corrected chi connectivity index (χ3v) is 1.78. The third-order valence-electron chi connectivity index (χ3n) is 1.58. The molecular weight excluding hydrogens is 235 g/mol. The number of rotatable bonds is 2. The Morgan fingerprint density at radius 1 is 1.53 bits per heavy atom. The monoisotopic (exact) mass is 239 g/mol. The first-order chi connectivity index (χ1) is 6.79. The lowest BCUT2D eigenvalue weighted by molar-refractivity contribution is -0.127. The quantitative estimate of drug-likeness (QED) is 0.807. The summed E-state index contributed by atoms with van der Waals surface area (Å²) in [5.41, 5.74) is -0.883. The van der Waals surface area contributed by atoms with Crippen molar-refractivity contribution in [3.05, 3.63) is 28.5 Å². The molecule has 0 fully saturated rings. The lowest BCUT2D eigenvalue weighted by Gasteiger charge is -2.08. The number of hydrogen-bond acceptors (Lipinski definition) is 2. The van der Waals surface area contributed by atoms with E-state index in [2.05, 4.69) is 4.98 Å². The molecule has 1 rings (SSSR count). The first-order valence-electron chi connectivity index (χ1n) is 3.74. The van der Waals surface area contributed by atoms with Crippen molar-refractivity contribution in [2.24, 2.45) is 0 Å². The normalized spacial score (nSPS) is 11.5. The zero-order chi connectivity index (χ0) is 11.6. The standard InChI is InChI=1S/C8H5ClF3NO2/c9-6-1-4(2-8(10,11)12)5(3-13-6)7(14)15/h1,3H,2H2,(H,14,15). The fourth-order valence-corrected chi connectivity index (χ4v) is 1.20.